The van der Waals surface area contributed by atoms with Gasteiger partial charge in [0.05, 0.1) is 19.3 Å². The zero-order valence-corrected chi connectivity index (χ0v) is 17.4. The maximum Gasteiger partial charge on any atom is 0.123 e. The minimum absolute atomic E-state index is 0.122. The van der Waals surface area contributed by atoms with E-state index in [9.17, 15) is 5.11 Å². The molecule has 0 spiro atoms. The molecule has 0 heterocycles. The number of hydrogen-bond acceptors (Lipinski definition) is 3. The zero-order chi connectivity index (χ0) is 19.2. The van der Waals surface area contributed by atoms with Gasteiger partial charge in [0.2, 0.25) is 0 Å². The highest BCUT2D eigenvalue weighted by molar-refractivity contribution is 5.37. The normalized spacial score (nSPS) is 36.3. The fraction of sp³-hybridized carbons (Fsp3) is 0.739. The summed E-state index contributed by atoms with van der Waals surface area (Å²) in [6.07, 6.45) is 5.69. The summed E-state index contributed by atoms with van der Waals surface area (Å²) < 4.78 is 11.6. The van der Waals surface area contributed by atoms with Crippen molar-refractivity contribution in [1.29, 1.82) is 0 Å². The SMILES string of the molecule is COc1cc(C)cc(OCC2C(C)(O)CCC3C(C)(C)CCCC32C)c1. The summed E-state index contributed by atoms with van der Waals surface area (Å²) in [7, 11) is 1.68. The van der Waals surface area contributed by atoms with E-state index in [1.807, 2.05) is 32.0 Å². The molecule has 0 bridgehead atoms. The quantitative estimate of drug-likeness (QED) is 0.784. The van der Waals surface area contributed by atoms with Gasteiger partial charge in [0.1, 0.15) is 11.5 Å². The predicted molar refractivity (Wildman–Crippen MR) is 106 cm³/mol. The van der Waals surface area contributed by atoms with Crippen molar-refractivity contribution in [3.8, 4) is 11.5 Å². The average molecular weight is 361 g/mol. The van der Waals surface area contributed by atoms with Gasteiger partial charge in [-0.25, -0.2) is 0 Å². The molecule has 3 heteroatoms. The van der Waals surface area contributed by atoms with E-state index in [-0.39, 0.29) is 11.3 Å². The molecule has 3 nitrogen and oxygen atoms in total. The van der Waals surface area contributed by atoms with Crippen LogP contribution in [0.25, 0.3) is 0 Å². The average Bonchev–Trinajstić information content (AvgIpc) is 2.52. The van der Waals surface area contributed by atoms with Crippen LogP contribution in [-0.2, 0) is 0 Å². The molecular weight excluding hydrogens is 324 g/mol. The molecule has 1 aromatic rings. The Morgan fingerprint density at radius 3 is 2.42 bits per heavy atom. The van der Waals surface area contributed by atoms with Crippen molar-refractivity contribution in [3.05, 3.63) is 23.8 Å². The van der Waals surface area contributed by atoms with Gasteiger partial charge in [-0.15, -0.1) is 0 Å². The fourth-order valence-corrected chi connectivity index (χ4v) is 6.09. The van der Waals surface area contributed by atoms with Gasteiger partial charge < -0.3 is 14.6 Å². The fourth-order valence-electron chi connectivity index (χ4n) is 6.09. The first kappa shape index (κ1) is 19.5. The molecule has 26 heavy (non-hydrogen) atoms. The Morgan fingerprint density at radius 1 is 1.04 bits per heavy atom. The van der Waals surface area contributed by atoms with E-state index in [0.29, 0.717) is 17.9 Å². The third-order valence-electron chi connectivity index (χ3n) is 7.44. The second-order valence-corrected chi connectivity index (χ2v) is 9.85. The second-order valence-electron chi connectivity index (χ2n) is 9.85. The Labute approximate surface area is 159 Å². The van der Waals surface area contributed by atoms with Crippen LogP contribution in [0.2, 0.25) is 0 Å². The van der Waals surface area contributed by atoms with E-state index in [1.165, 1.54) is 19.3 Å². The van der Waals surface area contributed by atoms with E-state index >= 15 is 0 Å². The summed E-state index contributed by atoms with van der Waals surface area (Å²) in [6, 6.07) is 5.99. The van der Waals surface area contributed by atoms with E-state index < -0.39 is 5.60 Å². The van der Waals surface area contributed by atoms with E-state index in [2.05, 4.69) is 20.8 Å². The minimum Gasteiger partial charge on any atom is -0.497 e. The van der Waals surface area contributed by atoms with Crippen LogP contribution in [0.15, 0.2) is 18.2 Å². The number of hydrogen-bond donors (Lipinski definition) is 1. The molecule has 2 fully saturated rings. The topological polar surface area (TPSA) is 38.7 Å². The first-order chi connectivity index (χ1) is 12.1. The van der Waals surface area contributed by atoms with E-state index in [1.54, 1.807) is 7.11 Å². The molecule has 0 aliphatic heterocycles. The van der Waals surface area contributed by atoms with Gasteiger partial charge in [0.15, 0.2) is 0 Å². The van der Waals surface area contributed by atoms with Crippen molar-refractivity contribution in [2.45, 2.75) is 72.3 Å². The summed E-state index contributed by atoms with van der Waals surface area (Å²) in [4.78, 5) is 0. The minimum atomic E-state index is -0.674. The molecule has 1 N–H and O–H groups in total. The molecular formula is C23H36O3. The van der Waals surface area contributed by atoms with Crippen molar-refractivity contribution in [3.63, 3.8) is 0 Å². The van der Waals surface area contributed by atoms with Gasteiger partial charge in [0.25, 0.3) is 0 Å². The second kappa shape index (κ2) is 6.74. The number of fused-ring (bicyclic) bond motifs is 1. The molecule has 0 amide bonds. The number of benzene rings is 1. The molecule has 4 atom stereocenters. The van der Waals surface area contributed by atoms with Gasteiger partial charge in [-0.3, -0.25) is 0 Å². The molecule has 4 unspecified atom stereocenters. The van der Waals surface area contributed by atoms with Gasteiger partial charge in [-0.1, -0.05) is 27.2 Å². The molecule has 2 saturated carbocycles. The van der Waals surface area contributed by atoms with Crippen molar-refractivity contribution < 1.29 is 14.6 Å². The van der Waals surface area contributed by atoms with Gasteiger partial charge in [-0.2, -0.15) is 0 Å². The van der Waals surface area contributed by atoms with Crippen LogP contribution < -0.4 is 9.47 Å². The van der Waals surface area contributed by atoms with Gasteiger partial charge in [-0.05, 0) is 74.0 Å². The van der Waals surface area contributed by atoms with Gasteiger partial charge in [0, 0.05) is 12.0 Å². The monoisotopic (exact) mass is 360 g/mol. The van der Waals surface area contributed by atoms with Crippen molar-refractivity contribution in [2.24, 2.45) is 22.7 Å². The molecule has 2 aliphatic carbocycles. The zero-order valence-electron chi connectivity index (χ0n) is 17.4. The lowest BCUT2D eigenvalue weighted by Crippen LogP contribution is -2.59. The Hall–Kier alpha value is -1.22. The lowest BCUT2D eigenvalue weighted by atomic mass is 9.46. The molecule has 0 aromatic heterocycles. The van der Waals surface area contributed by atoms with Crippen molar-refractivity contribution >= 4 is 0 Å². The third-order valence-corrected chi connectivity index (χ3v) is 7.44. The predicted octanol–water partition coefficient (Wildman–Crippen LogP) is 5.38. The molecule has 0 saturated heterocycles. The smallest absolute Gasteiger partial charge is 0.123 e. The number of aliphatic hydroxyl groups is 1. The Balaban J connectivity index is 1.85. The standard InChI is InChI=1S/C23H36O3/c1-16-12-17(25-6)14-18(13-16)26-15-20-22(4)10-7-9-21(2,3)19(22)8-11-23(20,5)24/h12-14,19-20,24H,7-11,15H2,1-6H3. The van der Waals surface area contributed by atoms with Crippen LogP contribution in [0.3, 0.4) is 0 Å². The van der Waals surface area contributed by atoms with Crippen LogP contribution in [0.1, 0.15) is 65.4 Å². The number of ether oxygens (including phenoxy) is 2. The number of rotatable bonds is 4. The van der Waals surface area contributed by atoms with Crippen molar-refractivity contribution in [1.82, 2.24) is 0 Å². The lowest BCUT2D eigenvalue weighted by molar-refractivity contribution is -0.176. The van der Waals surface area contributed by atoms with Crippen LogP contribution in [0.5, 0.6) is 11.5 Å². The summed E-state index contributed by atoms with van der Waals surface area (Å²) >= 11 is 0. The lowest BCUT2D eigenvalue weighted by Gasteiger charge is -2.60. The largest absolute Gasteiger partial charge is 0.497 e. The van der Waals surface area contributed by atoms with Gasteiger partial charge >= 0.3 is 0 Å². The summed E-state index contributed by atoms with van der Waals surface area (Å²) in [5.41, 5.74) is 0.913. The summed E-state index contributed by atoms with van der Waals surface area (Å²) in [5, 5.41) is 11.2. The highest BCUT2D eigenvalue weighted by Crippen LogP contribution is 2.61. The number of methoxy groups -OCH3 is 1. The maximum atomic E-state index is 11.2. The Morgan fingerprint density at radius 2 is 1.73 bits per heavy atom. The van der Waals surface area contributed by atoms with E-state index in [0.717, 1.165) is 29.9 Å². The first-order valence-corrected chi connectivity index (χ1v) is 10.1. The molecule has 2 aliphatic rings. The van der Waals surface area contributed by atoms with Crippen LogP contribution in [-0.4, -0.2) is 24.4 Å². The molecule has 0 radical (unpaired) electrons. The number of aryl methyl sites for hydroxylation is 1. The molecule has 1 aromatic carbocycles. The van der Waals surface area contributed by atoms with Crippen LogP contribution in [0.4, 0.5) is 0 Å². The highest BCUT2D eigenvalue weighted by atomic mass is 16.5. The summed E-state index contributed by atoms with van der Waals surface area (Å²) in [6.45, 7) is 11.9. The summed E-state index contributed by atoms with van der Waals surface area (Å²) in [5.74, 6) is 2.43. The van der Waals surface area contributed by atoms with E-state index in [4.69, 9.17) is 9.47 Å². The van der Waals surface area contributed by atoms with Crippen LogP contribution in [0, 0.1) is 29.6 Å². The maximum absolute atomic E-state index is 11.2. The van der Waals surface area contributed by atoms with Crippen molar-refractivity contribution in [2.75, 3.05) is 13.7 Å². The Kier molecular flexibility index (Phi) is 5.07. The Bertz CT molecular complexity index is 649. The molecule has 3 rings (SSSR count). The van der Waals surface area contributed by atoms with Crippen LogP contribution >= 0.6 is 0 Å². The third kappa shape index (κ3) is 3.47. The highest BCUT2D eigenvalue weighted by Gasteiger charge is 2.58. The molecule has 146 valence electrons. The first-order valence-electron chi connectivity index (χ1n) is 10.1.